The maximum absolute atomic E-state index is 13.9. The third-order valence-electron chi connectivity index (χ3n) is 12.4. The molecule has 0 saturated carbocycles. The fourth-order valence-electron chi connectivity index (χ4n) is 8.95. The van der Waals surface area contributed by atoms with Crippen LogP contribution in [0.25, 0.3) is 41.3 Å². The maximum Gasteiger partial charge on any atom is 0.410 e. The highest BCUT2D eigenvalue weighted by molar-refractivity contribution is 7.22. The number of hydrogen-bond donors (Lipinski definition) is 1. The lowest BCUT2D eigenvalue weighted by molar-refractivity contribution is 0.0186. The number of piperidine rings is 2. The summed E-state index contributed by atoms with van der Waals surface area (Å²) in [5.41, 5.74) is 1.51. The minimum Gasteiger partial charge on any atom is -0.444 e. The van der Waals surface area contributed by atoms with Gasteiger partial charge < -0.3 is 23.8 Å². The summed E-state index contributed by atoms with van der Waals surface area (Å²) in [4.78, 5) is 79.3. The van der Waals surface area contributed by atoms with Crippen molar-refractivity contribution in [2.75, 3.05) is 26.2 Å². The number of aryl methyl sites for hydroxylation is 2. The number of likely N-dealkylation sites (tertiary alicyclic amines) is 1. The van der Waals surface area contributed by atoms with E-state index in [4.69, 9.17) is 13.6 Å². The lowest BCUT2D eigenvalue weighted by atomic mass is 10.1. The molecular formula is C51H57ClN8O8S2. The Labute approximate surface area is 417 Å². The standard InChI is InChI=1S/C28H32N4O5S.C23H24N4O3S.ClH/c1-5-23-29-16-20(36-23)17-31-21-15-22(18-9-7-6-8-10-18)38-24(21)25(33)32(26(31)34)19-11-13-30(14-12-19)27(35)37-28(2,3)4;1-2-20-25-13-17(30-20)14-26-18-12-19(15-6-4-3-5-7-15)31-21(18)22(28)27(23(26)29)16-8-10-24-11-9-16;/h6-10,15-16,19H,5,11-14,17H2,1-4H3;3-7,12-13,16,24H,2,8-11,14H2,1H3;1H. The predicted octanol–water partition coefficient (Wildman–Crippen LogP) is 8.90. The molecule has 0 aliphatic carbocycles. The molecule has 16 nitrogen and oxygen atoms in total. The number of amides is 1. The van der Waals surface area contributed by atoms with Crippen LogP contribution in [0.15, 0.2) is 113 Å². The van der Waals surface area contributed by atoms with Gasteiger partial charge in [-0.05, 0) is 82.8 Å². The van der Waals surface area contributed by atoms with Gasteiger partial charge in [-0.1, -0.05) is 74.5 Å². The number of nitrogens with one attached hydrogen (secondary N) is 1. The fraction of sp³-hybridized carbons (Fsp3) is 0.392. The van der Waals surface area contributed by atoms with E-state index < -0.39 is 5.60 Å². The Morgan fingerprint density at radius 2 is 1.11 bits per heavy atom. The first-order valence-electron chi connectivity index (χ1n) is 23.5. The van der Waals surface area contributed by atoms with E-state index in [1.54, 1.807) is 26.4 Å². The van der Waals surface area contributed by atoms with Gasteiger partial charge in [-0.2, -0.15) is 0 Å². The molecule has 2 aliphatic heterocycles. The highest BCUT2D eigenvalue weighted by Crippen LogP contribution is 2.34. The van der Waals surface area contributed by atoms with E-state index in [1.165, 1.54) is 31.8 Å². The second-order valence-electron chi connectivity index (χ2n) is 18.3. The summed E-state index contributed by atoms with van der Waals surface area (Å²) in [6.07, 6.45) is 6.76. The Hall–Kier alpha value is -6.34. The minimum absolute atomic E-state index is 0. The van der Waals surface area contributed by atoms with Crippen molar-refractivity contribution in [2.24, 2.45) is 0 Å². The first-order chi connectivity index (χ1) is 33.3. The number of hydrogen-bond acceptors (Lipinski definition) is 13. The van der Waals surface area contributed by atoms with Gasteiger partial charge in [0.2, 0.25) is 0 Å². The lowest BCUT2D eigenvalue weighted by Gasteiger charge is -2.34. The van der Waals surface area contributed by atoms with Crippen LogP contribution in [0.3, 0.4) is 0 Å². The van der Waals surface area contributed by atoms with Crippen LogP contribution in [0.4, 0.5) is 4.79 Å². The van der Waals surface area contributed by atoms with Crippen LogP contribution in [-0.2, 0) is 30.7 Å². The summed E-state index contributed by atoms with van der Waals surface area (Å²) >= 11 is 2.83. The number of carbonyl (C=O) groups is 1. The Morgan fingerprint density at radius 3 is 1.51 bits per heavy atom. The van der Waals surface area contributed by atoms with Gasteiger partial charge >= 0.3 is 17.5 Å². The largest absolute Gasteiger partial charge is 0.444 e. The SMILES string of the molecule is CCc1ncc(Cn2c(=O)n(C3CCN(C(=O)OC(C)(C)C)CC3)c(=O)c3sc(-c4ccccc4)cc32)o1.CCc1ncc(Cn2c(=O)n(C3CCNCC3)c(=O)c3sc(-c4ccccc4)cc32)o1.Cl. The van der Waals surface area contributed by atoms with Gasteiger partial charge in [-0.15, -0.1) is 35.1 Å². The van der Waals surface area contributed by atoms with Gasteiger partial charge in [-0.25, -0.2) is 24.4 Å². The quantitative estimate of drug-likeness (QED) is 0.138. The van der Waals surface area contributed by atoms with Crippen LogP contribution in [0.5, 0.6) is 0 Å². The lowest BCUT2D eigenvalue weighted by Crippen LogP contribution is -2.47. The van der Waals surface area contributed by atoms with E-state index in [9.17, 15) is 24.0 Å². The first-order valence-corrected chi connectivity index (χ1v) is 25.2. The van der Waals surface area contributed by atoms with Crippen molar-refractivity contribution in [3.8, 4) is 20.9 Å². The molecule has 19 heteroatoms. The van der Waals surface area contributed by atoms with Crippen LogP contribution in [0.1, 0.15) is 95.7 Å². The highest BCUT2D eigenvalue weighted by atomic mass is 35.5. The smallest absolute Gasteiger partial charge is 0.410 e. The number of fused-ring (bicyclic) bond motifs is 2. The molecule has 0 atom stereocenters. The molecule has 2 saturated heterocycles. The Kier molecular flexibility index (Phi) is 15.3. The number of rotatable bonds is 10. The summed E-state index contributed by atoms with van der Waals surface area (Å²) in [5, 5.41) is 3.30. The third-order valence-corrected chi connectivity index (χ3v) is 14.7. The summed E-state index contributed by atoms with van der Waals surface area (Å²) in [5.74, 6) is 2.41. The number of nitrogens with zero attached hydrogens (tertiary/aromatic N) is 7. The molecule has 6 aromatic heterocycles. The van der Waals surface area contributed by atoms with Crippen molar-refractivity contribution in [3.05, 3.63) is 150 Å². The zero-order valence-corrected chi connectivity index (χ0v) is 42.3. The van der Waals surface area contributed by atoms with Crippen molar-refractivity contribution in [2.45, 2.75) is 104 Å². The van der Waals surface area contributed by atoms with E-state index in [0.29, 0.717) is 82.5 Å². The maximum atomic E-state index is 13.9. The van der Waals surface area contributed by atoms with Crippen LogP contribution >= 0.6 is 35.1 Å². The summed E-state index contributed by atoms with van der Waals surface area (Å²) in [7, 11) is 0. The van der Waals surface area contributed by atoms with Gasteiger partial charge in [0.15, 0.2) is 11.8 Å². The fourth-order valence-corrected chi connectivity index (χ4v) is 11.2. The zero-order chi connectivity index (χ0) is 48.4. The Morgan fingerprint density at radius 1 is 0.686 bits per heavy atom. The molecule has 368 valence electrons. The second-order valence-corrected chi connectivity index (χ2v) is 20.4. The number of halogens is 1. The average molecular weight is 1010 g/mol. The molecule has 2 aromatic carbocycles. The second kappa shape index (κ2) is 21.3. The van der Waals surface area contributed by atoms with Crippen LogP contribution in [-0.4, -0.2) is 71.0 Å². The number of ether oxygens (including phenoxy) is 1. The molecule has 8 heterocycles. The molecule has 0 unspecified atom stereocenters. The third kappa shape index (κ3) is 10.5. The van der Waals surface area contributed by atoms with Crippen LogP contribution in [0.2, 0.25) is 0 Å². The number of oxazole rings is 2. The molecule has 1 N–H and O–H groups in total. The monoisotopic (exact) mass is 1010 g/mol. The predicted molar refractivity (Wildman–Crippen MR) is 276 cm³/mol. The molecule has 0 bridgehead atoms. The van der Waals surface area contributed by atoms with Crippen molar-refractivity contribution >= 4 is 61.6 Å². The summed E-state index contributed by atoms with van der Waals surface area (Å²) in [6.45, 7) is 12.3. The van der Waals surface area contributed by atoms with Gasteiger partial charge in [0, 0.05) is 47.8 Å². The molecule has 2 aliphatic rings. The number of thiophene rings is 2. The van der Waals surface area contributed by atoms with E-state index in [0.717, 1.165) is 46.8 Å². The highest BCUT2D eigenvalue weighted by Gasteiger charge is 2.31. The van der Waals surface area contributed by atoms with Crippen molar-refractivity contribution < 1.29 is 18.4 Å². The molecule has 0 spiro atoms. The Balaban J connectivity index is 0.000000189. The molecule has 2 fully saturated rings. The van der Waals surface area contributed by atoms with Crippen molar-refractivity contribution in [1.29, 1.82) is 0 Å². The van der Waals surface area contributed by atoms with Gasteiger partial charge in [-0.3, -0.25) is 27.9 Å². The number of benzene rings is 2. The van der Waals surface area contributed by atoms with Crippen molar-refractivity contribution in [1.82, 2.24) is 38.5 Å². The van der Waals surface area contributed by atoms with Gasteiger partial charge in [0.25, 0.3) is 11.1 Å². The van der Waals surface area contributed by atoms with Crippen LogP contribution in [0, 0.1) is 0 Å². The summed E-state index contributed by atoms with van der Waals surface area (Å²) in [6, 6.07) is 23.2. The number of carbonyl (C=O) groups excluding carboxylic acids is 1. The molecular weight excluding hydrogens is 952 g/mol. The van der Waals surface area contributed by atoms with Gasteiger partial charge in [0.05, 0.1) is 36.5 Å². The van der Waals surface area contributed by atoms with Crippen LogP contribution < -0.4 is 27.8 Å². The van der Waals surface area contributed by atoms with E-state index in [-0.39, 0.29) is 66.2 Å². The zero-order valence-electron chi connectivity index (χ0n) is 39.8. The number of aromatic nitrogens is 6. The minimum atomic E-state index is -0.586. The van der Waals surface area contributed by atoms with Crippen molar-refractivity contribution in [3.63, 3.8) is 0 Å². The van der Waals surface area contributed by atoms with Gasteiger partial charge in [0.1, 0.15) is 26.5 Å². The molecule has 10 rings (SSSR count). The first kappa shape index (κ1) is 50.1. The van der Waals surface area contributed by atoms with E-state index in [2.05, 4.69) is 15.3 Å². The van der Waals surface area contributed by atoms with E-state index in [1.807, 2.05) is 107 Å². The molecule has 8 aromatic rings. The van der Waals surface area contributed by atoms with E-state index >= 15 is 0 Å². The normalized spacial score (nSPS) is 14.7. The molecule has 1 amide bonds. The molecule has 0 radical (unpaired) electrons. The average Bonchev–Trinajstić information content (AvgIpc) is 4.20. The Bertz CT molecular complexity index is 3350. The molecule has 70 heavy (non-hydrogen) atoms. The topological polar surface area (TPSA) is 182 Å². The summed E-state index contributed by atoms with van der Waals surface area (Å²) < 4.78 is 24.3.